The summed E-state index contributed by atoms with van der Waals surface area (Å²) in [6.45, 7) is 1.08. The molecule has 0 aliphatic heterocycles. The van der Waals surface area contributed by atoms with Crippen LogP contribution in [0.15, 0.2) is 47.5 Å². The summed E-state index contributed by atoms with van der Waals surface area (Å²) in [5, 5.41) is 19.2. The van der Waals surface area contributed by atoms with Crippen molar-refractivity contribution >= 4 is 43.5 Å². The SMILES string of the molecule is CC(=O)O.O=[N+]([O-])c1cccc2c1c(S(=O)(=O)O)cc1cccnc12. The molecule has 0 fully saturated rings. The molecule has 0 amide bonds. The fraction of sp³-hybridized carbons (Fsp3) is 0.0667. The van der Waals surface area contributed by atoms with E-state index in [9.17, 15) is 23.1 Å². The van der Waals surface area contributed by atoms with E-state index in [4.69, 9.17) is 9.90 Å². The third-order valence-electron chi connectivity index (χ3n) is 3.14. The lowest BCUT2D eigenvalue weighted by molar-refractivity contribution is -0.383. The van der Waals surface area contributed by atoms with E-state index in [0.29, 0.717) is 16.3 Å². The number of benzene rings is 2. The number of nitro groups is 1. The Balaban J connectivity index is 0.000000511. The molecule has 3 aromatic rings. The minimum atomic E-state index is -4.61. The van der Waals surface area contributed by atoms with E-state index in [1.807, 2.05) is 0 Å². The first-order chi connectivity index (χ1) is 11.6. The molecular formula is C15H12N2O7S. The molecule has 2 N–H and O–H groups in total. The largest absolute Gasteiger partial charge is 0.481 e. The Morgan fingerprint density at radius 3 is 2.44 bits per heavy atom. The molecule has 0 radical (unpaired) electrons. The van der Waals surface area contributed by atoms with Crippen LogP contribution in [-0.4, -0.2) is 34.0 Å². The van der Waals surface area contributed by atoms with E-state index in [1.54, 1.807) is 12.1 Å². The molecule has 0 saturated heterocycles. The van der Waals surface area contributed by atoms with Crippen molar-refractivity contribution in [1.82, 2.24) is 4.98 Å². The van der Waals surface area contributed by atoms with E-state index in [0.717, 1.165) is 6.92 Å². The second kappa shape index (κ2) is 6.79. The van der Waals surface area contributed by atoms with Crippen molar-refractivity contribution in [2.75, 3.05) is 0 Å². The number of carboxylic acid groups (broad SMARTS) is 1. The van der Waals surface area contributed by atoms with Gasteiger partial charge in [-0.3, -0.25) is 24.4 Å². The Bertz CT molecular complexity index is 1090. The summed E-state index contributed by atoms with van der Waals surface area (Å²) in [6, 6.07) is 8.59. The van der Waals surface area contributed by atoms with Crippen molar-refractivity contribution in [3.05, 3.63) is 52.7 Å². The molecule has 0 saturated carbocycles. The van der Waals surface area contributed by atoms with Gasteiger partial charge in [-0.05, 0) is 12.1 Å². The van der Waals surface area contributed by atoms with Gasteiger partial charge in [-0.25, -0.2) is 0 Å². The van der Waals surface area contributed by atoms with Crippen molar-refractivity contribution in [2.45, 2.75) is 11.8 Å². The van der Waals surface area contributed by atoms with Crippen LogP contribution in [0.5, 0.6) is 0 Å². The third kappa shape index (κ3) is 3.87. The van der Waals surface area contributed by atoms with Crippen molar-refractivity contribution in [1.29, 1.82) is 0 Å². The summed E-state index contributed by atoms with van der Waals surface area (Å²) in [6.07, 6.45) is 1.51. The molecule has 9 nitrogen and oxygen atoms in total. The number of pyridine rings is 1. The lowest BCUT2D eigenvalue weighted by Crippen LogP contribution is -2.02. The zero-order valence-electron chi connectivity index (χ0n) is 12.8. The van der Waals surface area contributed by atoms with Crippen LogP contribution in [0.3, 0.4) is 0 Å². The van der Waals surface area contributed by atoms with Crippen LogP contribution in [0.1, 0.15) is 6.92 Å². The van der Waals surface area contributed by atoms with Crippen molar-refractivity contribution in [3.8, 4) is 0 Å². The second-order valence-corrected chi connectivity index (χ2v) is 6.29. The van der Waals surface area contributed by atoms with E-state index < -0.39 is 31.6 Å². The normalized spacial score (nSPS) is 11.0. The fourth-order valence-electron chi connectivity index (χ4n) is 2.32. The molecule has 0 aliphatic carbocycles. The van der Waals surface area contributed by atoms with Crippen LogP contribution in [0.2, 0.25) is 0 Å². The van der Waals surface area contributed by atoms with Gasteiger partial charge in [0.05, 0.1) is 15.8 Å². The first kappa shape index (κ1) is 18.2. The van der Waals surface area contributed by atoms with Crippen LogP contribution in [-0.2, 0) is 14.9 Å². The average Bonchev–Trinajstić information content (AvgIpc) is 2.52. The van der Waals surface area contributed by atoms with Crippen LogP contribution < -0.4 is 0 Å². The number of carboxylic acids is 1. The van der Waals surface area contributed by atoms with Crippen LogP contribution in [0.25, 0.3) is 21.7 Å². The van der Waals surface area contributed by atoms with Gasteiger partial charge in [-0.2, -0.15) is 8.42 Å². The summed E-state index contributed by atoms with van der Waals surface area (Å²) < 4.78 is 32.5. The summed E-state index contributed by atoms with van der Waals surface area (Å²) in [5.41, 5.74) is 0.0382. The minimum Gasteiger partial charge on any atom is -0.481 e. The Morgan fingerprint density at radius 2 is 1.88 bits per heavy atom. The average molecular weight is 364 g/mol. The Labute approximate surface area is 141 Å². The third-order valence-corrected chi connectivity index (χ3v) is 4.02. The molecule has 0 atom stereocenters. The molecule has 25 heavy (non-hydrogen) atoms. The monoisotopic (exact) mass is 364 g/mol. The highest BCUT2D eigenvalue weighted by atomic mass is 32.2. The smallest absolute Gasteiger partial charge is 0.300 e. The summed E-state index contributed by atoms with van der Waals surface area (Å²) >= 11 is 0. The minimum absolute atomic E-state index is 0.142. The maximum Gasteiger partial charge on any atom is 0.300 e. The molecule has 0 unspecified atom stereocenters. The highest BCUT2D eigenvalue weighted by Gasteiger charge is 2.24. The van der Waals surface area contributed by atoms with Gasteiger partial charge in [-0.15, -0.1) is 0 Å². The first-order valence-electron chi connectivity index (χ1n) is 6.75. The molecule has 1 aromatic heterocycles. The maximum absolute atomic E-state index is 11.6. The Hall–Kier alpha value is -3.11. The molecule has 0 aliphatic rings. The molecule has 2 aromatic carbocycles. The van der Waals surface area contributed by atoms with Gasteiger partial charge in [0.15, 0.2) is 0 Å². The highest BCUT2D eigenvalue weighted by molar-refractivity contribution is 7.86. The number of non-ortho nitro benzene ring substituents is 1. The van der Waals surface area contributed by atoms with Gasteiger partial charge < -0.3 is 5.11 Å². The van der Waals surface area contributed by atoms with E-state index in [-0.39, 0.29) is 5.39 Å². The maximum atomic E-state index is 11.6. The van der Waals surface area contributed by atoms with E-state index in [1.165, 1.54) is 30.5 Å². The van der Waals surface area contributed by atoms with Gasteiger partial charge in [0.2, 0.25) is 0 Å². The lowest BCUT2D eigenvalue weighted by atomic mass is 10.0. The number of rotatable bonds is 2. The van der Waals surface area contributed by atoms with Crippen LogP contribution in [0.4, 0.5) is 5.69 Å². The number of nitro benzene ring substituents is 1. The zero-order valence-corrected chi connectivity index (χ0v) is 13.6. The van der Waals surface area contributed by atoms with Crippen molar-refractivity contribution in [2.24, 2.45) is 0 Å². The van der Waals surface area contributed by atoms with Gasteiger partial charge in [0.1, 0.15) is 4.90 Å². The summed E-state index contributed by atoms with van der Waals surface area (Å²) in [7, 11) is -4.61. The second-order valence-electron chi connectivity index (χ2n) is 4.90. The Kier molecular flexibility index (Phi) is 4.95. The molecule has 3 rings (SSSR count). The quantitative estimate of drug-likeness (QED) is 0.305. The predicted molar refractivity (Wildman–Crippen MR) is 89.0 cm³/mol. The zero-order chi connectivity index (χ0) is 18.8. The molecule has 1 heterocycles. The molecule has 130 valence electrons. The van der Waals surface area contributed by atoms with Gasteiger partial charge in [0, 0.05) is 30.0 Å². The molecule has 0 bridgehead atoms. The number of hydrogen-bond acceptors (Lipinski definition) is 6. The predicted octanol–water partition coefficient (Wildman–Crippen LogP) is 2.63. The summed E-state index contributed by atoms with van der Waals surface area (Å²) in [4.78, 5) is 23.1. The molecular weight excluding hydrogens is 352 g/mol. The van der Waals surface area contributed by atoms with Crippen LogP contribution >= 0.6 is 0 Å². The Morgan fingerprint density at radius 1 is 1.24 bits per heavy atom. The lowest BCUT2D eigenvalue weighted by Gasteiger charge is -2.08. The number of hydrogen-bond donors (Lipinski definition) is 2. The van der Waals surface area contributed by atoms with Gasteiger partial charge in [0.25, 0.3) is 21.8 Å². The number of aromatic nitrogens is 1. The van der Waals surface area contributed by atoms with Crippen molar-refractivity contribution < 1.29 is 27.8 Å². The first-order valence-corrected chi connectivity index (χ1v) is 8.19. The number of nitrogens with zero attached hydrogens (tertiary/aromatic N) is 2. The molecule has 10 heteroatoms. The highest BCUT2D eigenvalue weighted by Crippen LogP contribution is 2.35. The fourth-order valence-corrected chi connectivity index (χ4v) is 3.07. The van der Waals surface area contributed by atoms with Crippen molar-refractivity contribution in [3.63, 3.8) is 0 Å². The van der Waals surface area contributed by atoms with Crippen LogP contribution in [0, 0.1) is 10.1 Å². The van der Waals surface area contributed by atoms with E-state index in [2.05, 4.69) is 4.98 Å². The number of fused-ring (bicyclic) bond motifs is 3. The topological polar surface area (TPSA) is 148 Å². The molecule has 0 spiro atoms. The van der Waals surface area contributed by atoms with Gasteiger partial charge >= 0.3 is 0 Å². The standard InChI is InChI=1S/C13H8N2O5S.C2H4O2/c16-15(17)10-5-1-4-9-12(10)11(21(18,19)20)7-8-3-2-6-14-13(8)9;1-2(3)4/h1-7H,(H,18,19,20);1H3,(H,3,4). The number of aliphatic carboxylic acids is 1. The van der Waals surface area contributed by atoms with Gasteiger partial charge in [-0.1, -0.05) is 18.2 Å². The summed E-state index contributed by atoms with van der Waals surface area (Å²) in [5.74, 6) is -0.833. The van der Waals surface area contributed by atoms with E-state index >= 15 is 0 Å². The number of carbonyl (C=O) groups is 1.